The molecule has 4 nitrogen and oxygen atoms in total. The minimum absolute atomic E-state index is 0.412. The molecule has 7 heteroatoms. The van der Waals surface area contributed by atoms with E-state index >= 15 is 0 Å². The Hall–Kier alpha value is -0.810. The van der Waals surface area contributed by atoms with Gasteiger partial charge in [-0.3, -0.25) is 9.67 Å². The van der Waals surface area contributed by atoms with Gasteiger partial charge in [-0.1, -0.05) is 34.8 Å². The fraction of sp³-hybridized carbons (Fsp3) is 0.273. The zero-order valence-corrected chi connectivity index (χ0v) is 11.8. The lowest BCUT2D eigenvalue weighted by atomic mass is 10.1. The van der Waals surface area contributed by atoms with Gasteiger partial charge in [0.2, 0.25) is 0 Å². The summed E-state index contributed by atoms with van der Waals surface area (Å²) in [6.07, 6.45) is 3.06. The molecule has 2 aromatic heterocycles. The van der Waals surface area contributed by atoms with E-state index in [0.29, 0.717) is 33.0 Å². The van der Waals surface area contributed by atoms with Crippen LogP contribution in [-0.2, 0) is 6.54 Å². The molecule has 0 aliphatic carbocycles. The monoisotopic (exact) mass is 304 g/mol. The molecule has 0 amide bonds. The molecular weight excluding hydrogens is 295 g/mol. The molecule has 0 radical (unpaired) electrons. The van der Waals surface area contributed by atoms with E-state index in [1.807, 2.05) is 6.92 Å². The molecule has 0 saturated carbocycles. The highest BCUT2D eigenvalue weighted by molar-refractivity contribution is 6.35. The maximum Gasteiger partial charge on any atom is 0.0927 e. The molecule has 0 spiro atoms. The lowest BCUT2D eigenvalue weighted by Crippen LogP contribution is -2.19. The smallest absolute Gasteiger partial charge is 0.0927 e. The third kappa shape index (κ3) is 2.47. The molecule has 0 bridgehead atoms. The molecule has 18 heavy (non-hydrogen) atoms. The van der Waals surface area contributed by atoms with E-state index in [0.717, 1.165) is 0 Å². The molecule has 1 atom stereocenters. The summed E-state index contributed by atoms with van der Waals surface area (Å²) in [5.74, 6) is 0. The van der Waals surface area contributed by atoms with Crippen LogP contribution in [0.15, 0.2) is 18.5 Å². The Morgan fingerprint density at radius 1 is 1.28 bits per heavy atom. The van der Waals surface area contributed by atoms with Gasteiger partial charge in [-0.2, -0.15) is 5.10 Å². The summed E-state index contributed by atoms with van der Waals surface area (Å²) in [6.45, 7) is 2.62. The maximum absolute atomic E-state index is 6.15. The molecule has 0 fully saturated rings. The lowest BCUT2D eigenvalue weighted by molar-refractivity contribution is 0.596. The number of pyridine rings is 1. The molecule has 2 aromatic rings. The first-order valence-electron chi connectivity index (χ1n) is 5.32. The third-order valence-corrected chi connectivity index (χ3v) is 3.36. The number of nitrogens with zero attached hydrogens (tertiary/aromatic N) is 3. The summed E-state index contributed by atoms with van der Waals surface area (Å²) in [4.78, 5) is 4.16. The molecule has 0 aliphatic heterocycles. The van der Waals surface area contributed by atoms with Crippen molar-refractivity contribution in [3.05, 3.63) is 44.9 Å². The van der Waals surface area contributed by atoms with Gasteiger partial charge in [0.15, 0.2) is 0 Å². The predicted molar refractivity (Wildman–Crippen MR) is 73.2 cm³/mol. The van der Waals surface area contributed by atoms with Crippen molar-refractivity contribution in [3.8, 4) is 0 Å². The fourth-order valence-corrected chi connectivity index (χ4v) is 2.47. The average Bonchev–Trinajstić information content (AvgIpc) is 2.69. The van der Waals surface area contributed by atoms with Crippen molar-refractivity contribution in [1.82, 2.24) is 14.8 Å². The van der Waals surface area contributed by atoms with Crippen LogP contribution in [0.5, 0.6) is 0 Å². The summed E-state index contributed by atoms with van der Waals surface area (Å²) in [5, 5.41) is 5.51. The van der Waals surface area contributed by atoms with Gasteiger partial charge in [0, 0.05) is 12.7 Å². The molecule has 1 unspecified atom stereocenters. The highest BCUT2D eigenvalue weighted by Gasteiger charge is 2.21. The SMILES string of the molecule is CCn1ncc(Cl)c1C(N)c1ncc(Cl)cc1Cl. The Balaban J connectivity index is 2.47. The number of hydrogen-bond acceptors (Lipinski definition) is 3. The Morgan fingerprint density at radius 2 is 2.00 bits per heavy atom. The van der Waals surface area contributed by atoms with Crippen molar-refractivity contribution in [2.45, 2.75) is 19.5 Å². The van der Waals surface area contributed by atoms with Crippen molar-refractivity contribution >= 4 is 34.8 Å². The minimum Gasteiger partial charge on any atom is -0.318 e. The first kappa shape index (κ1) is 13.6. The van der Waals surface area contributed by atoms with E-state index in [2.05, 4.69) is 10.1 Å². The van der Waals surface area contributed by atoms with Gasteiger partial charge in [-0.05, 0) is 13.0 Å². The van der Waals surface area contributed by atoms with Crippen molar-refractivity contribution in [2.75, 3.05) is 0 Å². The fourth-order valence-electron chi connectivity index (χ4n) is 1.72. The summed E-state index contributed by atoms with van der Waals surface area (Å²) in [6, 6.07) is 1.07. The molecule has 2 rings (SSSR count). The molecular formula is C11H11Cl3N4. The quantitative estimate of drug-likeness (QED) is 0.946. The Bertz CT molecular complexity index is 567. The van der Waals surface area contributed by atoms with Crippen LogP contribution in [0.1, 0.15) is 24.4 Å². The van der Waals surface area contributed by atoms with Crippen molar-refractivity contribution in [2.24, 2.45) is 5.73 Å². The van der Waals surface area contributed by atoms with Crippen LogP contribution in [0.3, 0.4) is 0 Å². The van der Waals surface area contributed by atoms with Crippen LogP contribution in [0, 0.1) is 0 Å². The Kier molecular flexibility index (Phi) is 4.12. The van der Waals surface area contributed by atoms with E-state index in [1.165, 1.54) is 6.20 Å². The van der Waals surface area contributed by atoms with E-state index < -0.39 is 6.04 Å². The van der Waals surface area contributed by atoms with E-state index in [9.17, 15) is 0 Å². The first-order valence-corrected chi connectivity index (χ1v) is 6.45. The molecule has 96 valence electrons. The first-order chi connectivity index (χ1) is 8.54. The molecule has 2 heterocycles. The van der Waals surface area contributed by atoms with Gasteiger partial charge in [0.25, 0.3) is 0 Å². The van der Waals surface area contributed by atoms with Gasteiger partial charge < -0.3 is 5.73 Å². The Labute approximate surface area is 120 Å². The van der Waals surface area contributed by atoms with Crippen LogP contribution >= 0.6 is 34.8 Å². The molecule has 0 aromatic carbocycles. The van der Waals surface area contributed by atoms with E-state index in [4.69, 9.17) is 40.5 Å². The van der Waals surface area contributed by atoms with Crippen molar-refractivity contribution in [3.63, 3.8) is 0 Å². The van der Waals surface area contributed by atoms with E-state index in [1.54, 1.807) is 16.9 Å². The second-order valence-corrected chi connectivity index (χ2v) is 4.94. The number of rotatable bonds is 3. The largest absolute Gasteiger partial charge is 0.318 e. The minimum atomic E-state index is -0.537. The zero-order chi connectivity index (χ0) is 13.3. The van der Waals surface area contributed by atoms with Crippen molar-refractivity contribution in [1.29, 1.82) is 0 Å². The average molecular weight is 306 g/mol. The van der Waals surface area contributed by atoms with Crippen molar-refractivity contribution < 1.29 is 0 Å². The standard InChI is InChI=1S/C11H11Cl3N4/c1-2-18-11(8(14)5-17-18)9(15)10-7(13)3-6(12)4-16-10/h3-5,9H,2,15H2,1H3. The number of hydrogen-bond donors (Lipinski definition) is 1. The highest BCUT2D eigenvalue weighted by atomic mass is 35.5. The molecule has 0 saturated heterocycles. The number of nitrogens with two attached hydrogens (primary N) is 1. The third-order valence-electron chi connectivity index (χ3n) is 2.56. The van der Waals surface area contributed by atoms with Gasteiger partial charge in [0.05, 0.1) is 38.7 Å². The summed E-state index contributed by atoms with van der Waals surface area (Å²) in [7, 11) is 0. The molecule has 2 N–H and O–H groups in total. The van der Waals surface area contributed by atoms with Gasteiger partial charge in [-0.15, -0.1) is 0 Å². The second-order valence-electron chi connectivity index (χ2n) is 3.69. The van der Waals surface area contributed by atoms with Gasteiger partial charge in [-0.25, -0.2) is 0 Å². The number of aryl methyl sites for hydroxylation is 1. The lowest BCUT2D eigenvalue weighted by Gasteiger charge is -2.15. The maximum atomic E-state index is 6.15. The van der Waals surface area contributed by atoms with Gasteiger partial charge in [0.1, 0.15) is 0 Å². The highest BCUT2D eigenvalue weighted by Crippen LogP contribution is 2.30. The normalized spacial score (nSPS) is 12.7. The predicted octanol–water partition coefficient (Wildman–Crippen LogP) is 3.31. The number of aromatic nitrogens is 3. The molecule has 0 aliphatic rings. The summed E-state index contributed by atoms with van der Waals surface area (Å²) < 4.78 is 1.72. The van der Waals surface area contributed by atoms with Crippen LogP contribution in [0.2, 0.25) is 15.1 Å². The zero-order valence-electron chi connectivity index (χ0n) is 9.57. The van der Waals surface area contributed by atoms with E-state index in [-0.39, 0.29) is 0 Å². The van der Waals surface area contributed by atoms with Crippen LogP contribution in [0.25, 0.3) is 0 Å². The van der Waals surface area contributed by atoms with Gasteiger partial charge >= 0.3 is 0 Å². The topological polar surface area (TPSA) is 56.7 Å². The number of halogens is 3. The Morgan fingerprint density at radius 3 is 2.61 bits per heavy atom. The van der Waals surface area contributed by atoms with Crippen LogP contribution < -0.4 is 5.73 Å². The van der Waals surface area contributed by atoms with Crippen LogP contribution in [-0.4, -0.2) is 14.8 Å². The second kappa shape index (κ2) is 5.45. The van der Waals surface area contributed by atoms with Crippen LogP contribution in [0.4, 0.5) is 0 Å². The summed E-state index contributed by atoms with van der Waals surface area (Å²) in [5.41, 5.74) is 7.37. The summed E-state index contributed by atoms with van der Waals surface area (Å²) >= 11 is 18.0.